The highest BCUT2D eigenvalue weighted by atomic mass is 16.5. The lowest BCUT2D eigenvalue weighted by molar-refractivity contribution is -0.0249. The predicted octanol–water partition coefficient (Wildman–Crippen LogP) is 2.04. The van der Waals surface area contributed by atoms with Crippen molar-refractivity contribution in [3.8, 4) is 0 Å². The third-order valence-electron chi connectivity index (χ3n) is 5.79. The fourth-order valence-electron chi connectivity index (χ4n) is 3.94. The lowest BCUT2D eigenvalue weighted by Crippen LogP contribution is -2.42. The highest BCUT2D eigenvalue weighted by molar-refractivity contribution is 6.06. The molecule has 2 fully saturated rings. The van der Waals surface area contributed by atoms with E-state index in [0.29, 0.717) is 53.5 Å². The van der Waals surface area contributed by atoms with Crippen molar-refractivity contribution in [2.45, 2.75) is 24.9 Å². The molecule has 2 aliphatic rings. The zero-order valence-corrected chi connectivity index (χ0v) is 17.5. The van der Waals surface area contributed by atoms with Crippen molar-refractivity contribution in [1.82, 2.24) is 20.4 Å². The molecule has 2 aromatic heterocycles. The molecule has 0 radical (unpaired) electrons. The van der Waals surface area contributed by atoms with E-state index in [1.807, 2.05) is 24.3 Å². The highest BCUT2D eigenvalue weighted by Crippen LogP contribution is 2.40. The largest absolute Gasteiger partial charge is 0.395 e. The first-order chi connectivity index (χ1) is 15.6. The molecule has 2 amide bonds. The molecule has 1 aromatic carbocycles. The molecular weight excluding hydrogens is 412 g/mol. The predicted molar refractivity (Wildman–Crippen MR) is 114 cm³/mol. The second-order valence-corrected chi connectivity index (χ2v) is 8.09. The van der Waals surface area contributed by atoms with Crippen LogP contribution in [0.3, 0.4) is 0 Å². The van der Waals surface area contributed by atoms with Crippen molar-refractivity contribution < 1.29 is 24.0 Å². The number of benzene rings is 1. The summed E-state index contributed by atoms with van der Waals surface area (Å²) in [4.78, 5) is 32.1. The van der Waals surface area contributed by atoms with E-state index in [4.69, 9.17) is 19.4 Å². The van der Waals surface area contributed by atoms with Crippen molar-refractivity contribution in [2.24, 2.45) is 0 Å². The standard InChI is InChI=1S/C23H24N4O5/c28-9-7-24-22(29)16-11-18(25-17-4-2-1-3-15(16)17)21-13-27(8-10-31-21)23(30)19-12-20(32-26-19)14-5-6-14/h1-4,11-12,14,21,28H,5-10,13H2,(H,24,29). The Labute approximate surface area is 184 Å². The van der Waals surface area contributed by atoms with E-state index in [0.717, 1.165) is 18.6 Å². The molecule has 1 atom stereocenters. The van der Waals surface area contributed by atoms with Gasteiger partial charge in [0, 0.05) is 30.5 Å². The van der Waals surface area contributed by atoms with Crippen molar-refractivity contribution in [1.29, 1.82) is 0 Å². The van der Waals surface area contributed by atoms with Crippen LogP contribution in [0.4, 0.5) is 0 Å². The van der Waals surface area contributed by atoms with Gasteiger partial charge in [-0.15, -0.1) is 0 Å². The van der Waals surface area contributed by atoms with Crippen LogP contribution in [0.15, 0.2) is 40.9 Å². The van der Waals surface area contributed by atoms with E-state index in [2.05, 4.69) is 10.5 Å². The number of ether oxygens (including phenoxy) is 1. The summed E-state index contributed by atoms with van der Waals surface area (Å²) in [5, 5.41) is 16.4. The lowest BCUT2D eigenvalue weighted by Gasteiger charge is -2.32. The fourth-order valence-corrected chi connectivity index (χ4v) is 3.94. The molecule has 32 heavy (non-hydrogen) atoms. The number of aliphatic hydroxyl groups excluding tert-OH is 1. The number of para-hydroxylation sites is 1. The van der Waals surface area contributed by atoms with Gasteiger partial charge >= 0.3 is 0 Å². The van der Waals surface area contributed by atoms with Gasteiger partial charge in [0.2, 0.25) is 0 Å². The number of pyridine rings is 1. The van der Waals surface area contributed by atoms with Gasteiger partial charge in [-0.25, -0.2) is 4.98 Å². The van der Waals surface area contributed by atoms with Gasteiger partial charge < -0.3 is 24.6 Å². The summed E-state index contributed by atoms with van der Waals surface area (Å²) >= 11 is 0. The summed E-state index contributed by atoms with van der Waals surface area (Å²) in [6.07, 6.45) is 1.67. The van der Waals surface area contributed by atoms with Crippen LogP contribution < -0.4 is 5.32 Å². The van der Waals surface area contributed by atoms with Gasteiger partial charge in [0.05, 0.1) is 36.5 Å². The van der Waals surface area contributed by atoms with Gasteiger partial charge in [-0.2, -0.15) is 0 Å². The molecule has 9 heteroatoms. The van der Waals surface area contributed by atoms with Crippen LogP contribution in [-0.2, 0) is 4.74 Å². The minimum atomic E-state index is -0.475. The van der Waals surface area contributed by atoms with E-state index in [1.54, 1.807) is 17.0 Å². The number of aliphatic hydroxyl groups is 1. The topological polar surface area (TPSA) is 118 Å². The number of nitrogens with zero attached hydrogens (tertiary/aromatic N) is 3. The van der Waals surface area contributed by atoms with E-state index < -0.39 is 6.10 Å². The molecule has 1 saturated carbocycles. The molecule has 9 nitrogen and oxygen atoms in total. The van der Waals surface area contributed by atoms with Crippen molar-refractivity contribution in [3.63, 3.8) is 0 Å². The SMILES string of the molecule is O=C(NCCO)c1cc(C2CN(C(=O)c3cc(C4CC4)on3)CCO2)nc2ccccc12. The van der Waals surface area contributed by atoms with E-state index in [9.17, 15) is 9.59 Å². The number of hydrogen-bond acceptors (Lipinski definition) is 7. The minimum Gasteiger partial charge on any atom is -0.395 e. The third kappa shape index (κ3) is 4.09. The molecule has 0 bridgehead atoms. The number of carbonyl (C=O) groups is 2. The van der Waals surface area contributed by atoms with Crippen LogP contribution in [-0.4, -0.2) is 64.8 Å². The normalized spacial score (nSPS) is 18.7. The smallest absolute Gasteiger partial charge is 0.276 e. The van der Waals surface area contributed by atoms with Crippen LogP contribution >= 0.6 is 0 Å². The van der Waals surface area contributed by atoms with Gasteiger partial charge in [0.25, 0.3) is 11.8 Å². The molecule has 3 aromatic rings. The fraction of sp³-hybridized carbons (Fsp3) is 0.391. The molecular formula is C23H24N4O5. The van der Waals surface area contributed by atoms with Crippen LogP contribution in [0.2, 0.25) is 0 Å². The first kappa shape index (κ1) is 20.6. The average molecular weight is 436 g/mol. The van der Waals surface area contributed by atoms with E-state index in [-0.39, 0.29) is 25.0 Å². The molecule has 0 spiro atoms. The Morgan fingerprint density at radius 3 is 2.88 bits per heavy atom. The number of hydrogen-bond donors (Lipinski definition) is 2. The number of carbonyl (C=O) groups excluding carboxylic acids is 2. The van der Waals surface area contributed by atoms with Crippen molar-refractivity contribution >= 4 is 22.7 Å². The van der Waals surface area contributed by atoms with Crippen LogP contribution in [0.1, 0.15) is 57.2 Å². The summed E-state index contributed by atoms with van der Waals surface area (Å²) in [5.74, 6) is 0.667. The number of amides is 2. The first-order valence-electron chi connectivity index (χ1n) is 10.8. The quantitative estimate of drug-likeness (QED) is 0.607. The van der Waals surface area contributed by atoms with E-state index >= 15 is 0 Å². The van der Waals surface area contributed by atoms with Gasteiger partial charge in [0.15, 0.2) is 5.69 Å². The highest BCUT2D eigenvalue weighted by Gasteiger charge is 2.32. The van der Waals surface area contributed by atoms with Gasteiger partial charge in [-0.05, 0) is 25.0 Å². The summed E-state index contributed by atoms with van der Waals surface area (Å²) in [5.41, 5.74) is 2.01. The Bertz CT molecular complexity index is 1160. The Morgan fingerprint density at radius 1 is 1.22 bits per heavy atom. The molecule has 1 unspecified atom stereocenters. The number of aromatic nitrogens is 2. The van der Waals surface area contributed by atoms with Gasteiger partial charge in [-0.3, -0.25) is 9.59 Å². The minimum absolute atomic E-state index is 0.144. The van der Waals surface area contributed by atoms with Crippen molar-refractivity contribution in [2.75, 3.05) is 32.8 Å². The lowest BCUT2D eigenvalue weighted by atomic mass is 10.0. The molecule has 1 aliphatic carbocycles. The Morgan fingerprint density at radius 2 is 2.06 bits per heavy atom. The average Bonchev–Trinajstić information content (AvgIpc) is 3.57. The molecule has 1 saturated heterocycles. The van der Waals surface area contributed by atoms with Crippen molar-refractivity contribution in [3.05, 3.63) is 59.1 Å². The number of nitrogens with one attached hydrogen (secondary N) is 1. The summed E-state index contributed by atoms with van der Waals surface area (Å²) in [7, 11) is 0. The summed E-state index contributed by atoms with van der Waals surface area (Å²) in [6, 6.07) is 10.8. The molecule has 1 aliphatic heterocycles. The Kier molecular flexibility index (Phi) is 5.59. The monoisotopic (exact) mass is 436 g/mol. The van der Waals surface area contributed by atoms with Crippen LogP contribution in [0.25, 0.3) is 10.9 Å². The zero-order chi connectivity index (χ0) is 22.1. The zero-order valence-electron chi connectivity index (χ0n) is 17.5. The second-order valence-electron chi connectivity index (χ2n) is 8.09. The Hall–Kier alpha value is -3.30. The maximum atomic E-state index is 13.0. The number of fused-ring (bicyclic) bond motifs is 1. The molecule has 166 valence electrons. The second kappa shape index (κ2) is 8.68. The van der Waals surface area contributed by atoms with Gasteiger partial charge in [0.1, 0.15) is 11.9 Å². The molecule has 5 rings (SSSR count). The maximum Gasteiger partial charge on any atom is 0.276 e. The first-order valence-corrected chi connectivity index (χ1v) is 10.8. The summed E-state index contributed by atoms with van der Waals surface area (Å²) < 4.78 is 11.3. The summed E-state index contributed by atoms with van der Waals surface area (Å²) in [6.45, 7) is 1.11. The third-order valence-corrected chi connectivity index (χ3v) is 5.79. The Balaban J connectivity index is 1.40. The number of rotatable bonds is 6. The maximum absolute atomic E-state index is 13.0. The van der Waals surface area contributed by atoms with Gasteiger partial charge in [-0.1, -0.05) is 23.4 Å². The van der Waals surface area contributed by atoms with E-state index in [1.165, 1.54) is 0 Å². The molecule has 2 N–H and O–H groups in total. The van der Waals surface area contributed by atoms with Crippen LogP contribution in [0.5, 0.6) is 0 Å². The molecule has 3 heterocycles. The number of morpholine rings is 1. The van der Waals surface area contributed by atoms with Crippen LogP contribution in [0, 0.1) is 0 Å².